The lowest BCUT2D eigenvalue weighted by molar-refractivity contribution is -0.145. The lowest BCUT2D eigenvalue weighted by Crippen LogP contribution is -2.52. The Bertz CT molecular complexity index is 531. The van der Waals surface area contributed by atoms with E-state index < -0.39 is 0 Å². The summed E-state index contributed by atoms with van der Waals surface area (Å²) in [5.41, 5.74) is 1.99. The Hall–Kier alpha value is -1.53. The molecule has 0 aliphatic carbocycles. The van der Waals surface area contributed by atoms with Crippen LogP contribution >= 0.6 is 0 Å². The molecule has 1 atom stereocenters. The van der Waals surface area contributed by atoms with Gasteiger partial charge in [-0.25, -0.2) is 0 Å². The minimum Gasteiger partial charge on any atom is -0.377 e. The molecule has 126 valence electrons. The van der Waals surface area contributed by atoms with E-state index in [0.717, 1.165) is 50.2 Å². The summed E-state index contributed by atoms with van der Waals surface area (Å²) in [5.74, 6) is 0.491. The summed E-state index contributed by atoms with van der Waals surface area (Å²) in [4.78, 5) is 23.6. The van der Waals surface area contributed by atoms with Crippen molar-refractivity contribution in [3.63, 3.8) is 0 Å². The molecule has 1 aromatic rings. The van der Waals surface area contributed by atoms with Gasteiger partial charge in [0.15, 0.2) is 0 Å². The molecule has 0 aromatic carbocycles. The summed E-state index contributed by atoms with van der Waals surface area (Å²) < 4.78 is 5.63. The van der Waals surface area contributed by atoms with Crippen LogP contribution in [0, 0.1) is 12.8 Å². The van der Waals surface area contributed by atoms with Crippen molar-refractivity contribution in [1.82, 2.24) is 20.2 Å². The molecular formula is C17H26N4O2. The molecule has 1 amide bonds. The number of piperidine rings is 1. The molecule has 1 N–H and O–H groups in total. The number of morpholine rings is 1. The fourth-order valence-corrected chi connectivity index (χ4v) is 3.47. The van der Waals surface area contributed by atoms with Gasteiger partial charge in [0.1, 0.15) is 0 Å². The van der Waals surface area contributed by atoms with Gasteiger partial charge in [-0.2, -0.15) is 0 Å². The fourth-order valence-electron chi connectivity index (χ4n) is 3.47. The van der Waals surface area contributed by atoms with Crippen LogP contribution in [0.2, 0.25) is 0 Å². The van der Waals surface area contributed by atoms with Gasteiger partial charge in [0.25, 0.3) is 0 Å². The zero-order chi connectivity index (χ0) is 16.1. The monoisotopic (exact) mass is 318 g/mol. The summed E-state index contributed by atoms with van der Waals surface area (Å²) >= 11 is 0. The average molecular weight is 318 g/mol. The Morgan fingerprint density at radius 3 is 2.91 bits per heavy atom. The van der Waals surface area contributed by atoms with E-state index in [0.29, 0.717) is 25.7 Å². The Kier molecular flexibility index (Phi) is 5.56. The van der Waals surface area contributed by atoms with Crippen LogP contribution in [0.4, 0.5) is 0 Å². The van der Waals surface area contributed by atoms with Gasteiger partial charge in [-0.05, 0) is 45.7 Å². The van der Waals surface area contributed by atoms with E-state index in [-0.39, 0.29) is 12.0 Å². The molecule has 2 saturated heterocycles. The van der Waals surface area contributed by atoms with Crippen LogP contribution in [0.3, 0.4) is 0 Å². The van der Waals surface area contributed by atoms with Crippen molar-refractivity contribution in [2.45, 2.75) is 38.6 Å². The first kappa shape index (κ1) is 16.3. The predicted octanol–water partition coefficient (Wildman–Crippen LogP) is 0.945. The number of hydrogen-bond donors (Lipinski definition) is 1. The van der Waals surface area contributed by atoms with E-state index >= 15 is 0 Å². The third-order valence-corrected chi connectivity index (χ3v) is 4.90. The van der Waals surface area contributed by atoms with E-state index in [1.165, 1.54) is 0 Å². The first-order chi connectivity index (χ1) is 11.3. The number of nitrogens with zero attached hydrogens (tertiary/aromatic N) is 3. The van der Waals surface area contributed by atoms with Gasteiger partial charge in [-0.1, -0.05) is 0 Å². The molecule has 2 aliphatic rings. The summed E-state index contributed by atoms with van der Waals surface area (Å²) in [7, 11) is 0. The second kappa shape index (κ2) is 7.84. The van der Waals surface area contributed by atoms with Gasteiger partial charge in [-0.15, -0.1) is 0 Å². The second-order valence-electron chi connectivity index (χ2n) is 6.41. The molecule has 1 aromatic heterocycles. The highest BCUT2D eigenvalue weighted by Crippen LogP contribution is 2.21. The highest BCUT2D eigenvalue weighted by molar-refractivity contribution is 5.79. The number of rotatable bonds is 4. The fraction of sp³-hybridized carbons (Fsp3) is 0.706. The highest BCUT2D eigenvalue weighted by Gasteiger charge is 2.32. The van der Waals surface area contributed by atoms with Crippen LogP contribution in [0.5, 0.6) is 0 Å². The molecule has 2 aliphatic heterocycles. The van der Waals surface area contributed by atoms with Gasteiger partial charge >= 0.3 is 0 Å². The Labute approximate surface area is 137 Å². The predicted molar refractivity (Wildman–Crippen MR) is 87.0 cm³/mol. The summed E-state index contributed by atoms with van der Waals surface area (Å²) in [5, 5.41) is 3.33. The molecule has 0 spiro atoms. The Balaban J connectivity index is 1.61. The van der Waals surface area contributed by atoms with E-state index in [1.54, 1.807) is 12.4 Å². The van der Waals surface area contributed by atoms with Crippen molar-refractivity contribution >= 4 is 5.91 Å². The van der Waals surface area contributed by atoms with Crippen LogP contribution in [-0.4, -0.2) is 59.7 Å². The average Bonchev–Trinajstić information content (AvgIpc) is 2.61. The van der Waals surface area contributed by atoms with Gasteiger partial charge in [-0.3, -0.25) is 14.8 Å². The maximum atomic E-state index is 12.9. The zero-order valence-electron chi connectivity index (χ0n) is 13.8. The number of carbonyl (C=O) groups excluding carboxylic acids is 1. The molecule has 3 rings (SSSR count). The molecule has 6 heteroatoms. The van der Waals surface area contributed by atoms with E-state index in [1.807, 2.05) is 6.92 Å². The first-order valence-corrected chi connectivity index (χ1v) is 8.61. The number of ether oxygens (including phenoxy) is 1. The number of nitrogens with one attached hydrogen (secondary N) is 1. The van der Waals surface area contributed by atoms with Gasteiger partial charge < -0.3 is 15.0 Å². The maximum absolute atomic E-state index is 12.9. The second-order valence-corrected chi connectivity index (χ2v) is 6.41. The van der Waals surface area contributed by atoms with Crippen LogP contribution in [-0.2, 0) is 16.0 Å². The number of aromatic nitrogens is 2. The van der Waals surface area contributed by atoms with E-state index in [9.17, 15) is 4.79 Å². The summed E-state index contributed by atoms with van der Waals surface area (Å²) in [6, 6.07) is 0.160. The topological polar surface area (TPSA) is 67.4 Å². The minimum absolute atomic E-state index is 0.160. The number of aryl methyl sites for hydroxylation is 2. The van der Waals surface area contributed by atoms with Crippen molar-refractivity contribution in [2.24, 2.45) is 5.92 Å². The number of hydrogen-bond acceptors (Lipinski definition) is 5. The number of amides is 1. The summed E-state index contributed by atoms with van der Waals surface area (Å²) in [6.45, 7) is 5.88. The van der Waals surface area contributed by atoms with Crippen molar-refractivity contribution < 1.29 is 9.53 Å². The third-order valence-electron chi connectivity index (χ3n) is 4.90. The standard InChI is InChI=1S/C17H26N4O2/c1-13-16(20-9-8-19-13)3-2-15-12-23-11-10-21(15)17(22)14-4-6-18-7-5-14/h8-9,14-15,18H,2-7,10-12H2,1H3. The van der Waals surface area contributed by atoms with Crippen LogP contribution in [0.15, 0.2) is 12.4 Å². The molecule has 1 unspecified atom stereocenters. The maximum Gasteiger partial charge on any atom is 0.226 e. The summed E-state index contributed by atoms with van der Waals surface area (Å²) in [6.07, 6.45) is 7.07. The highest BCUT2D eigenvalue weighted by atomic mass is 16.5. The molecule has 23 heavy (non-hydrogen) atoms. The van der Waals surface area contributed by atoms with Gasteiger partial charge in [0.05, 0.1) is 30.6 Å². The van der Waals surface area contributed by atoms with Crippen molar-refractivity contribution in [3.05, 3.63) is 23.8 Å². The third kappa shape index (κ3) is 4.06. The molecule has 0 saturated carbocycles. The first-order valence-electron chi connectivity index (χ1n) is 8.61. The lowest BCUT2D eigenvalue weighted by Gasteiger charge is -2.38. The lowest BCUT2D eigenvalue weighted by atomic mass is 9.95. The largest absolute Gasteiger partial charge is 0.377 e. The van der Waals surface area contributed by atoms with Crippen molar-refractivity contribution in [1.29, 1.82) is 0 Å². The Morgan fingerprint density at radius 2 is 2.13 bits per heavy atom. The minimum atomic E-state index is 0.160. The Morgan fingerprint density at radius 1 is 1.35 bits per heavy atom. The van der Waals surface area contributed by atoms with Crippen molar-refractivity contribution in [2.75, 3.05) is 32.8 Å². The molecule has 6 nitrogen and oxygen atoms in total. The van der Waals surface area contributed by atoms with Gasteiger partial charge in [0, 0.05) is 24.9 Å². The molecule has 0 bridgehead atoms. The van der Waals surface area contributed by atoms with E-state index in [2.05, 4.69) is 20.2 Å². The van der Waals surface area contributed by atoms with Crippen LogP contribution < -0.4 is 5.32 Å². The zero-order valence-corrected chi connectivity index (χ0v) is 13.8. The smallest absolute Gasteiger partial charge is 0.226 e. The van der Waals surface area contributed by atoms with Crippen LogP contribution in [0.25, 0.3) is 0 Å². The molecular weight excluding hydrogens is 292 g/mol. The van der Waals surface area contributed by atoms with E-state index in [4.69, 9.17) is 4.74 Å². The normalized spacial score (nSPS) is 23.0. The van der Waals surface area contributed by atoms with Gasteiger partial charge in [0.2, 0.25) is 5.91 Å². The molecule has 2 fully saturated rings. The SMILES string of the molecule is Cc1nccnc1CCC1COCCN1C(=O)C1CCNCC1. The van der Waals surface area contributed by atoms with Crippen LogP contribution in [0.1, 0.15) is 30.7 Å². The van der Waals surface area contributed by atoms with Crippen molar-refractivity contribution in [3.8, 4) is 0 Å². The molecule has 0 radical (unpaired) electrons. The molecule has 3 heterocycles. The number of carbonyl (C=O) groups is 1. The quantitative estimate of drug-likeness (QED) is 0.895.